The van der Waals surface area contributed by atoms with Crippen molar-refractivity contribution in [3.8, 4) is 0 Å². The Morgan fingerprint density at radius 3 is 2.44 bits per heavy atom. The van der Waals surface area contributed by atoms with Gasteiger partial charge in [-0.1, -0.05) is 66.9 Å². The Labute approximate surface area is 105 Å². The van der Waals surface area contributed by atoms with Gasteiger partial charge in [0.05, 0.1) is 0 Å². The zero-order chi connectivity index (χ0) is 11.6. The summed E-state index contributed by atoms with van der Waals surface area (Å²) in [5, 5.41) is 0. The Kier molecular flexibility index (Phi) is 3.45. The van der Waals surface area contributed by atoms with Crippen LogP contribution < -0.4 is 0 Å². The molecule has 1 saturated heterocycles. The van der Waals surface area contributed by atoms with Crippen molar-refractivity contribution < 1.29 is 9.47 Å². The number of rotatable bonds is 3. The highest BCUT2D eigenvalue weighted by Gasteiger charge is 2.49. The quantitative estimate of drug-likeness (QED) is 0.770. The lowest BCUT2D eigenvalue weighted by Gasteiger charge is -2.28. The van der Waals surface area contributed by atoms with Crippen molar-refractivity contribution in [1.29, 1.82) is 0 Å². The SMILES string of the molecule is CCCC1(c2ccccc2)OCC(Cl)(Cl)O1. The van der Waals surface area contributed by atoms with E-state index in [2.05, 4.69) is 6.92 Å². The van der Waals surface area contributed by atoms with Gasteiger partial charge in [-0.2, -0.15) is 0 Å². The maximum absolute atomic E-state index is 5.96. The van der Waals surface area contributed by atoms with Crippen LogP contribution in [-0.4, -0.2) is 11.1 Å². The van der Waals surface area contributed by atoms with E-state index in [4.69, 9.17) is 32.7 Å². The summed E-state index contributed by atoms with van der Waals surface area (Å²) in [4.78, 5) is 0. The van der Waals surface area contributed by atoms with Crippen LogP contribution in [0, 0.1) is 0 Å². The van der Waals surface area contributed by atoms with E-state index in [0.29, 0.717) is 0 Å². The molecule has 1 fully saturated rings. The molecule has 0 aromatic heterocycles. The molecule has 1 aromatic carbocycles. The van der Waals surface area contributed by atoms with E-state index < -0.39 is 10.3 Å². The van der Waals surface area contributed by atoms with Gasteiger partial charge in [-0.25, -0.2) is 0 Å². The molecule has 2 nitrogen and oxygen atoms in total. The van der Waals surface area contributed by atoms with Crippen molar-refractivity contribution in [2.75, 3.05) is 6.61 Å². The van der Waals surface area contributed by atoms with Crippen LogP contribution in [0.5, 0.6) is 0 Å². The van der Waals surface area contributed by atoms with Crippen LogP contribution in [0.15, 0.2) is 30.3 Å². The third-order valence-corrected chi connectivity index (χ3v) is 2.95. The van der Waals surface area contributed by atoms with Gasteiger partial charge in [0, 0.05) is 12.0 Å². The molecule has 0 aliphatic carbocycles. The van der Waals surface area contributed by atoms with Crippen molar-refractivity contribution in [1.82, 2.24) is 0 Å². The van der Waals surface area contributed by atoms with Crippen LogP contribution in [0.4, 0.5) is 0 Å². The molecular weight excluding hydrogens is 247 g/mol. The minimum absolute atomic E-state index is 0.186. The molecule has 4 heteroatoms. The molecule has 16 heavy (non-hydrogen) atoms. The van der Waals surface area contributed by atoms with Crippen molar-refractivity contribution in [2.24, 2.45) is 0 Å². The van der Waals surface area contributed by atoms with Gasteiger partial charge in [0.2, 0.25) is 4.52 Å². The molecule has 1 atom stereocenters. The number of halogens is 2. The monoisotopic (exact) mass is 260 g/mol. The Balaban J connectivity index is 2.31. The summed E-state index contributed by atoms with van der Waals surface area (Å²) in [6.07, 6.45) is 1.66. The van der Waals surface area contributed by atoms with Crippen LogP contribution >= 0.6 is 23.2 Å². The number of ether oxygens (including phenoxy) is 2. The lowest BCUT2D eigenvalue weighted by Crippen LogP contribution is -2.29. The summed E-state index contributed by atoms with van der Waals surface area (Å²) in [5.41, 5.74) is 0.958. The maximum atomic E-state index is 5.96. The molecule has 88 valence electrons. The van der Waals surface area contributed by atoms with E-state index in [1.54, 1.807) is 0 Å². The predicted octanol–water partition coefficient (Wildman–Crippen LogP) is 3.82. The third kappa shape index (κ3) is 2.35. The van der Waals surface area contributed by atoms with E-state index in [0.717, 1.165) is 18.4 Å². The van der Waals surface area contributed by atoms with Crippen molar-refractivity contribution in [2.45, 2.75) is 30.1 Å². The molecular formula is C12H14Cl2O2. The van der Waals surface area contributed by atoms with Gasteiger partial charge in [-0.15, -0.1) is 0 Å². The predicted molar refractivity (Wildman–Crippen MR) is 64.5 cm³/mol. The number of benzene rings is 1. The average Bonchev–Trinajstić information content (AvgIpc) is 2.58. The summed E-state index contributed by atoms with van der Waals surface area (Å²) in [7, 11) is 0. The van der Waals surface area contributed by atoms with Gasteiger partial charge in [0.15, 0.2) is 5.79 Å². The van der Waals surface area contributed by atoms with Gasteiger partial charge in [-0.3, -0.25) is 0 Å². The molecule has 0 amide bonds. The summed E-state index contributed by atoms with van der Waals surface area (Å²) >= 11 is 11.9. The van der Waals surface area contributed by atoms with Gasteiger partial charge in [0.1, 0.15) is 6.61 Å². The van der Waals surface area contributed by atoms with Crippen molar-refractivity contribution >= 4 is 23.2 Å². The summed E-state index contributed by atoms with van der Waals surface area (Å²) in [6.45, 7) is 2.25. The molecule has 1 aliphatic heterocycles. The highest BCUT2D eigenvalue weighted by molar-refractivity contribution is 6.47. The van der Waals surface area contributed by atoms with Gasteiger partial charge >= 0.3 is 0 Å². The Hall–Kier alpha value is -0.280. The summed E-state index contributed by atoms with van der Waals surface area (Å²) in [6, 6.07) is 9.77. The van der Waals surface area contributed by atoms with E-state index in [1.165, 1.54) is 0 Å². The smallest absolute Gasteiger partial charge is 0.244 e. The second kappa shape index (κ2) is 4.53. The molecule has 0 saturated carbocycles. The fourth-order valence-corrected chi connectivity index (χ4v) is 2.29. The molecule has 1 aromatic rings. The number of hydrogen-bond donors (Lipinski definition) is 0. The maximum Gasteiger partial charge on any atom is 0.244 e. The lowest BCUT2D eigenvalue weighted by molar-refractivity contribution is -0.179. The van der Waals surface area contributed by atoms with Crippen molar-refractivity contribution in [3.63, 3.8) is 0 Å². The first kappa shape index (κ1) is 12.2. The van der Waals surface area contributed by atoms with Crippen LogP contribution in [0.2, 0.25) is 0 Å². The van der Waals surface area contributed by atoms with E-state index in [9.17, 15) is 0 Å². The molecule has 0 bridgehead atoms. The van der Waals surface area contributed by atoms with E-state index in [-0.39, 0.29) is 6.61 Å². The third-order valence-electron chi connectivity index (χ3n) is 2.58. The molecule has 0 N–H and O–H groups in total. The largest absolute Gasteiger partial charge is 0.340 e. The highest BCUT2D eigenvalue weighted by atomic mass is 35.5. The van der Waals surface area contributed by atoms with Gasteiger partial charge in [0.25, 0.3) is 0 Å². The number of hydrogen-bond acceptors (Lipinski definition) is 2. The van der Waals surface area contributed by atoms with Crippen LogP contribution in [0.25, 0.3) is 0 Å². The van der Waals surface area contributed by atoms with Crippen LogP contribution in [-0.2, 0) is 15.3 Å². The Morgan fingerprint density at radius 1 is 1.25 bits per heavy atom. The zero-order valence-electron chi connectivity index (χ0n) is 9.08. The molecule has 0 radical (unpaired) electrons. The highest BCUT2D eigenvalue weighted by Crippen LogP contribution is 2.46. The van der Waals surface area contributed by atoms with E-state index in [1.807, 2.05) is 30.3 Å². The number of alkyl halides is 2. The topological polar surface area (TPSA) is 18.5 Å². The first-order valence-electron chi connectivity index (χ1n) is 5.35. The van der Waals surface area contributed by atoms with E-state index >= 15 is 0 Å². The first-order valence-corrected chi connectivity index (χ1v) is 6.11. The second-order valence-corrected chi connectivity index (χ2v) is 5.31. The van der Waals surface area contributed by atoms with Gasteiger partial charge < -0.3 is 9.47 Å². The van der Waals surface area contributed by atoms with Gasteiger partial charge in [-0.05, 0) is 0 Å². The van der Waals surface area contributed by atoms with Crippen LogP contribution in [0.1, 0.15) is 25.3 Å². The fourth-order valence-electron chi connectivity index (χ4n) is 1.93. The van der Waals surface area contributed by atoms with Crippen LogP contribution in [0.3, 0.4) is 0 Å². The minimum atomic E-state index is -1.25. The average molecular weight is 261 g/mol. The molecule has 2 rings (SSSR count). The molecule has 1 heterocycles. The summed E-state index contributed by atoms with van der Waals surface area (Å²) < 4.78 is 10.1. The first-order chi connectivity index (χ1) is 7.58. The Bertz CT molecular complexity index is 353. The molecule has 1 unspecified atom stereocenters. The fraction of sp³-hybridized carbons (Fsp3) is 0.500. The standard InChI is InChI=1S/C12H14Cl2O2/c1-2-8-11(10-6-4-3-5-7-10)15-9-12(13,14)16-11/h3-7H,2,8-9H2,1H3. The second-order valence-electron chi connectivity index (χ2n) is 3.90. The van der Waals surface area contributed by atoms with Crippen molar-refractivity contribution in [3.05, 3.63) is 35.9 Å². The zero-order valence-corrected chi connectivity index (χ0v) is 10.6. The lowest BCUT2D eigenvalue weighted by atomic mass is 10.0. The normalized spacial score (nSPS) is 28.2. The molecule has 1 aliphatic rings. The Morgan fingerprint density at radius 2 is 1.94 bits per heavy atom. The minimum Gasteiger partial charge on any atom is -0.340 e. The molecule has 0 spiro atoms. The summed E-state index contributed by atoms with van der Waals surface area (Å²) in [5.74, 6) is -0.792.